The molecule has 0 saturated heterocycles. The Hall–Kier alpha value is -0.120. The minimum Gasteiger partial charge on any atom is -0.394 e. The topological polar surface area (TPSA) is 49.5 Å². The van der Waals surface area contributed by atoms with E-state index >= 15 is 0 Å². The molecular formula is C15H32N2O. The van der Waals surface area contributed by atoms with Gasteiger partial charge in [0.1, 0.15) is 0 Å². The summed E-state index contributed by atoms with van der Waals surface area (Å²) >= 11 is 0. The van der Waals surface area contributed by atoms with Crippen molar-refractivity contribution in [3.05, 3.63) is 0 Å². The van der Waals surface area contributed by atoms with Gasteiger partial charge in [0.2, 0.25) is 0 Å². The normalized spacial score (nSPS) is 19.5. The highest BCUT2D eigenvalue weighted by molar-refractivity contribution is 4.85. The molecule has 0 amide bonds. The molecule has 3 nitrogen and oxygen atoms in total. The fourth-order valence-corrected chi connectivity index (χ4v) is 2.26. The van der Waals surface area contributed by atoms with Crippen molar-refractivity contribution in [2.45, 2.75) is 70.9 Å². The van der Waals surface area contributed by atoms with Crippen LogP contribution in [0.5, 0.6) is 0 Å². The number of hydrogen-bond donors (Lipinski definition) is 2. The van der Waals surface area contributed by atoms with Crippen LogP contribution in [0.2, 0.25) is 0 Å². The van der Waals surface area contributed by atoms with Gasteiger partial charge in [0, 0.05) is 11.6 Å². The summed E-state index contributed by atoms with van der Waals surface area (Å²) in [4.78, 5) is 2.66. The summed E-state index contributed by atoms with van der Waals surface area (Å²) in [5.74, 6) is 0.799. The van der Waals surface area contributed by atoms with Gasteiger partial charge in [-0.25, -0.2) is 0 Å². The van der Waals surface area contributed by atoms with E-state index in [0.29, 0.717) is 0 Å². The van der Waals surface area contributed by atoms with Crippen molar-refractivity contribution in [1.29, 1.82) is 0 Å². The van der Waals surface area contributed by atoms with Gasteiger partial charge in [-0.2, -0.15) is 0 Å². The molecule has 1 aliphatic rings. The Bertz CT molecular complexity index is 225. The molecule has 1 saturated carbocycles. The van der Waals surface area contributed by atoms with Crippen LogP contribution in [0.15, 0.2) is 0 Å². The molecule has 0 spiro atoms. The number of aliphatic hydroxyl groups is 1. The van der Waals surface area contributed by atoms with Crippen molar-refractivity contribution < 1.29 is 5.11 Å². The maximum absolute atomic E-state index is 9.11. The molecule has 0 aromatic rings. The van der Waals surface area contributed by atoms with E-state index < -0.39 is 0 Å². The average Bonchev–Trinajstić information content (AvgIpc) is 3.12. The van der Waals surface area contributed by atoms with Crippen molar-refractivity contribution in [2.75, 3.05) is 19.7 Å². The number of nitrogens with zero attached hydrogens (tertiary/aromatic N) is 1. The average molecular weight is 256 g/mol. The molecule has 1 fully saturated rings. The second-order valence-electron chi connectivity index (χ2n) is 6.72. The van der Waals surface area contributed by atoms with Crippen molar-refractivity contribution >= 4 is 0 Å². The highest BCUT2D eigenvalue weighted by Gasteiger charge is 2.28. The predicted molar refractivity (Wildman–Crippen MR) is 77.6 cm³/mol. The van der Waals surface area contributed by atoms with Crippen molar-refractivity contribution in [3.63, 3.8) is 0 Å². The highest BCUT2D eigenvalue weighted by Crippen LogP contribution is 2.27. The van der Waals surface area contributed by atoms with E-state index in [1.165, 1.54) is 38.8 Å². The summed E-state index contributed by atoms with van der Waals surface area (Å²) in [6, 6.07) is 0.867. The SMILES string of the molecule is CC(C)CCN(CCCCC(C)(N)CO)C1CC1. The molecule has 1 atom stereocenters. The molecule has 0 aliphatic heterocycles. The van der Waals surface area contributed by atoms with E-state index in [-0.39, 0.29) is 12.1 Å². The standard InChI is InChI=1S/C15H32N2O/c1-13(2)8-11-17(14-6-7-14)10-5-4-9-15(3,16)12-18/h13-14,18H,4-12,16H2,1-3H3. The summed E-state index contributed by atoms with van der Waals surface area (Å²) in [6.45, 7) is 9.08. The minimum absolute atomic E-state index is 0.0900. The summed E-state index contributed by atoms with van der Waals surface area (Å²) < 4.78 is 0. The molecular weight excluding hydrogens is 224 g/mol. The number of rotatable bonds is 10. The third kappa shape index (κ3) is 6.72. The lowest BCUT2D eigenvalue weighted by molar-refractivity contribution is 0.192. The van der Waals surface area contributed by atoms with Gasteiger partial charge in [0.15, 0.2) is 0 Å². The van der Waals surface area contributed by atoms with Crippen LogP contribution in [0.25, 0.3) is 0 Å². The van der Waals surface area contributed by atoms with E-state index in [0.717, 1.165) is 24.8 Å². The monoisotopic (exact) mass is 256 g/mol. The van der Waals surface area contributed by atoms with Gasteiger partial charge in [-0.05, 0) is 58.0 Å². The lowest BCUT2D eigenvalue weighted by Gasteiger charge is -2.25. The molecule has 108 valence electrons. The van der Waals surface area contributed by atoms with Gasteiger partial charge in [0.05, 0.1) is 6.61 Å². The second kappa shape index (κ2) is 7.46. The smallest absolute Gasteiger partial charge is 0.0608 e. The third-order valence-electron chi connectivity index (χ3n) is 3.86. The third-order valence-corrected chi connectivity index (χ3v) is 3.86. The Balaban J connectivity index is 2.14. The summed E-state index contributed by atoms with van der Waals surface area (Å²) in [6.07, 6.45) is 7.35. The Morgan fingerprint density at radius 2 is 1.94 bits per heavy atom. The Labute approximate surface area is 113 Å². The molecule has 0 bridgehead atoms. The largest absolute Gasteiger partial charge is 0.394 e. The lowest BCUT2D eigenvalue weighted by Crippen LogP contribution is -2.40. The maximum atomic E-state index is 9.11. The second-order valence-corrected chi connectivity index (χ2v) is 6.72. The van der Waals surface area contributed by atoms with Crippen molar-refractivity contribution in [3.8, 4) is 0 Å². The van der Waals surface area contributed by atoms with Crippen LogP contribution >= 0.6 is 0 Å². The lowest BCUT2D eigenvalue weighted by atomic mass is 9.97. The van der Waals surface area contributed by atoms with Gasteiger partial charge in [-0.15, -0.1) is 0 Å². The van der Waals surface area contributed by atoms with Crippen LogP contribution in [0.3, 0.4) is 0 Å². The van der Waals surface area contributed by atoms with Crippen molar-refractivity contribution in [1.82, 2.24) is 4.90 Å². The zero-order valence-electron chi connectivity index (χ0n) is 12.5. The van der Waals surface area contributed by atoms with E-state index in [1.807, 2.05) is 6.92 Å². The van der Waals surface area contributed by atoms with Gasteiger partial charge in [0.25, 0.3) is 0 Å². The zero-order valence-corrected chi connectivity index (χ0v) is 12.5. The molecule has 0 heterocycles. The zero-order chi connectivity index (χ0) is 13.6. The van der Waals surface area contributed by atoms with Gasteiger partial charge >= 0.3 is 0 Å². The Kier molecular flexibility index (Phi) is 6.61. The Morgan fingerprint density at radius 1 is 1.28 bits per heavy atom. The van der Waals surface area contributed by atoms with Gasteiger partial charge < -0.3 is 15.7 Å². The Morgan fingerprint density at radius 3 is 2.44 bits per heavy atom. The molecule has 1 rings (SSSR count). The fraction of sp³-hybridized carbons (Fsp3) is 1.00. The first-order valence-corrected chi connectivity index (χ1v) is 7.58. The van der Waals surface area contributed by atoms with E-state index in [9.17, 15) is 0 Å². The molecule has 1 aliphatic carbocycles. The summed E-state index contributed by atoms with van der Waals surface area (Å²) in [5.41, 5.74) is 5.55. The van der Waals surface area contributed by atoms with Crippen LogP contribution in [0.4, 0.5) is 0 Å². The molecule has 0 aromatic carbocycles. The van der Waals surface area contributed by atoms with Gasteiger partial charge in [-0.1, -0.05) is 20.3 Å². The van der Waals surface area contributed by atoms with Crippen LogP contribution in [0, 0.1) is 5.92 Å². The summed E-state index contributed by atoms with van der Waals surface area (Å²) in [5, 5.41) is 9.11. The summed E-state index contributed by atoms with van der Waals surface area (Å²) in [7, 11) is 0. The molecule has 18 heavy (non-hydrogen) atoms. The first kappa shape index (κ1) is 15.9. The molecule has 3 N–H and O–H groups in total. The fourth-order valence-electron chi connectivity index (χ4n) is 2.26. The molecule has 3 heteroatoms. The van der Waals surface area contributed by atoms with E-state index in [1.54, 1.807) is 0 Å². The van der Waals surface area contributed by atoms with Gasteiger partial charge in [-0.3, -0.25) is 0 Å². The first-order valence-electron chi connectivity index (χ1n) is 7.58. The van der Waals surface area contributed by atoms with E-state index in [2.05, 4.69) is 18.7 Å². The number of unbranched alkanes of at least 4 members (excludes halogenated alkanes) is 1. The molecule has 0 aromatic heterocycles. The first-order chi connectivity index (χ1) is 8.44. The number of aliphatic hydroxyl groups excluding tert-OH is 1. The quantitative estimate of drug-likeness (QED) is 0.590. The number of nitrogens with two attached hydrogens (primary N) is 1. The van der Waals surface area contributed by atoms with Crippen LogP contribution in [0.1, 0.15) is 59.3 Å². The van der Waals surface area contributed by atoms with Crippen LogP contribution in [-0.4, -0.2) is 41.3 Å². The number of hydrogen-bond acceptors (Lipinski definition) is 3. The van der Waals surface area contributed by atoms with Crippen molar-refractivity contribution in [2.24, 2.45) is 11.7 Å². The predicted octanol–water partition coefficient (Wildman–Crippen LogP) is 2.38. The maximum Gasteiger partial charge on any atom is 0.0608 e. The van der Waals surface area contributed by atoms with Crippen LogP contribution in [-0.2, 0) is 0 Å². The molecule has 1 unspecified atom stereocenters. The van der Waals surface area contributed by atoms with Crippen LogP contribution < -0.4 is 5.73 Å². The molecule has 0 radical (unpaired) electrons. The van der Waals surface area contributed by atoms with E-state index in [4.69, 9.17) is 10.8 Å². The highest BCUT2D eigenvalue weighted by atomic mass is 16.3. The minimum atomic E-state index is -0.387.